The second-order valence-electron chi connectivity index (χ2n) is 8.28. The van der Waals surface area contributed by atoms with Crippen molar-refractivity contribution in [2.45, 2.75) is 63.6 Å². The van der Waals surface area contributed by atoms with Crippen molar-refractivity contribution in [2.75, 3.05) is 6.54 Å². The standard InChI is InChI=1S/C21H26FN3O3/c1-14-6-4-5-11-21(14)19(27)25(20(28)23-21)13-18(26)24(16-9-10-16)12-15-7-2-3-8-17(15)22/h2-3,7-8,14,16H,4-6,9-13H2,1H3,(H,23,28). The van der Waals surface area contributed by atoms with Crippen molar-refractivity contribution < 1.29 is 18.8 Å². The van der Waals surface area contributed by atoms with Crippen LogP contribution in [0.15, 0.2) is 24.3 Å². The molecule has 2 unspecified atom stereocenters. The van der Waals surface area contributed by atoms with E-state index in [2.05, 4.69) is 5.32 Å². The van der Waals surface area contributed by atoms with Crippen LogP contribution in [0, 0.1) is 11.7 Å². The van der Waals surface area contributed by atoms with E-state index in [9.17, 15) is 18.8 Å². The van der Waals surface area contributed by atoms with Gasteiger partial charge < -0.3 is 10.2 Å². The highest BCUT2D eigenvalue weighted by atomic mass is 19.1. The summed E-state index contributed by atoms with van der Waals surface area (Å²) >= 11 is 0. The highest BCUT2D eigenvalue weighted by Gasteiger charge is 2.55. The molecule has 2 atom stereocenters. The number of nitrogens with one attached hydrogen (secondary N) is 1. The molecule has 1 N–H and O–H groups in total. The van der Waals surface area contributed by atoms with Crippen LogP contribution >= 0.6 is 0 Å². The average Bonchev–Trinajstić information content (AvgIpc) is 3.48. The Morgan fingerprint density at radius 2 is 2.00 bits per heavy atom. The minimum atomic E-state index is -0.869. The Hall–Kier alpha value is -2.44. The van der Waals surface area contributed by atoms with E-state index in [4.69, 9.17) is 0 Å². The van der Waals surface area contributed by atoms with E-state index in [1.165, 1.54) is 6.07 Å². The van der Waals surface area contributed by atoms with E-state index in [-0.39, 0.29) is 42.7 Å². The van der Waals surface area contributed by atoms with Gasteiger partial charge in [-0.25, -0.2) is 9.18 Å². The van der Waals surface area contributed by atoms with Crippen molar-refractivity contribution in [1.29, 1.82) is 0 Å². The first-order valence-electron chi connectivity index (χ1n) is 10.1. The summed E-state index contributed by atoms with van der Waals surface area (Å²) in [7, 11) is 0. The van der Waals surface area contributed by atoms with Gasteiger partial charge in [0.25, 0.3) is 5.91 Å². The van der Waals surface area contributed by atoms with Crippen LogP contribution in [0.1, 0.15) is 51.0 Å². The molecule has 1 heterocycles. The molecule has 1 spiro atoms. The Bertz CT molecular complexity index is 810. The SMILES string of the molecule is CC1CCCCC12NC(=O)N(CC(=O)N(Cc1ccccc1F)C1CC1)C2=O. The van der Waals surface area contributed by atoms with Crippen LogP contribution < -0.4 is 5.32 Å². The van der Waals surface area contributed by atoms with Crippen LogP contribution in [-0.2, 0) is 16.1 Å². The molecule has 4 amide bonds. The van der Waals surface area contributed by atoms with E-state index >= 15 is 0 Å². The maximum atomic E-state index is 14.0. The van der Waals surface area contributed by atoms with Crippen molar-refractivity contribution in [3.05, 3.63) is 35.6 Å². The van der Waals surface area contributed by atoms with Gasteiger partial charge in [-0.2, -0.15) is 0 Å². The van der Waals surface area contributed by atoms with Gasteiger partial charge in [0, 0.05) is 18.2 Å². The van der Waals surface area contributed by atoms with Gasteiger partial charge in [-0.1, -0.05) is 38.0 Å². The molecule has 4 rings (SSSR count). The number of carbonyl (C=O) groups is 3. The van der Waals surface area contributed by atoms with Crippen LogP contribution in [0.3, 0.4) is 0 Å². The summed E-state index contributed by atoms with van der Waals surface area (Å²) < 4.78 is 14.0. The summed E-state index contributed by atoms with van der Waals surface area (Å²) in [6.45, 7) is 1.85. The maximum Gasteiger partial charge on any atom is 0.325 e. The average molecular weight is 387 g/mol. The normalized spacial score (nSPS) is 27.2. The predicted octanol–water partition coefficient (Wildman–Crippen LogP) is 2.82. The molecule has 0 aromatic heterocycles. The summed E-state index contributed by atoms with van der Waals surface area (Å²) in [5, 5.41) is 2.87. The zero-order chi connectivity index (χ0) is 19.9. The molecule has 28 heavy (non-hydrogen) atoms. The summed E-state index contributed by atoms with van der Waals surface area (Å²) in [6, 6.07) is 5.94. The second kappa shape index (κ2) is 7.18. The largest absolute Gasteiger partial charge is 0.334 e. The quantitative estimate of drug-likeness (QED) is 0.790. The molecule has 2 saturated carbocycles. The lowest BCUT2D eigenvalue weighted by molar-refractivity contribution is -0.141. The molecule has 1 aromatic rings. The fraction of sp³-hybridized carbons (Fsp3) is 0.571. The molecule has 1 saturated heterocycles. The first-order valence-corrected chi connectivity index (χ1v) is 10.1. The fourth-order valence-corrected chi connectivity index (χ4v) is 4.48. The monoisotopic (exact) mass is 387 g/mol. The predicted molar refractivity (Wildman–Crippen MR) is 101 cm³/mol. The van der Waals surface area contributed by atoms with Crippen LogP contribution in [0.2, 0.25) is 0 Å². The van der Waals surface area contributed by atoms with Crippen LogP contribution in [0.5, 0.6) is 0 Å². The van der Waals surface area contributed by atoms with Gasteiger partial charge in [0.1, 0.15) is 17.9 Å². The summed E-state index contributed by atoms with van der Waals surface area (Å²) in [5.41, 5.74) is -0.428. The third-order valence-corrected chi connectivity index (χ3v) is 6.40. The third-order valence-electron chi connectivity index (χ3n) is 6.40. The Labute approximate surface area is 164 Å². The van der Waals surface area contributed by atoms with Crippen molar-refractivity contribution in [1.82, 2.24) is 15.1 Å². The molecule has 0 radical (unpaired) electrons. The number of halogens is 1. The molecule has 0 bridgehead atoms. The number of carbonyl (C=O) groups excluding carboxylic acids is 3. The number of hydrogen-bond donors (Lipinski definition) is 1. The number of rotatable bonds is 5. The van der Waals surface area contributed by atoms with Crippen LogP contribution in [0.4, 0.5) is 9.18 Å². The maximum absolute atomic E-state index is 14.0. The van der Waals surface area contributed by atoms with Crippen molar-refractivity contribution >= 4 is 17.8 Å². The fourth-order valence-electron chi connectivity index (χ4n) is 4.48. The van der Waals surface area contributed by atoms with Gasteiger partial charge in [-0.15, -0.1) is 0 Å². The lowest BCUT2D eigenvalue weighted by Gasteiger charge is -2.36. The highest BCUT2D eigenvalue weighted by Crippen LogP contribution is 2.38. The first kappa shape index (κ1) is 18.9. The summed E-state index contributed by atoms with van der Waals surface area (Å²) in [5.74, 6) is -0.906. The number of imide groups is 1. The Balaban J connectivity index is 1.49. The molecule has 3 aliphatic rings. The molecular formula is C21H26FN3O3. The zero-order valence-electron chi connectivity index (χ0n) is 16.1. The molecule has 1 aromatic carbocycles. The minimum absolute atomic E-state index is 0.0513. The van der Waals surface area contributed by atoms with Crippen molar-refractivity contribution in [2.24, 2.45) is 5.92 Å². The lowest BCUT2D eigenvalue weighted by atomic mass is 9.73. The molecule has 150 valence electrons. The number of urea groups is 1. The van der Waals surface area contributed by atoms with E-state index in [1.807, 2.05) is 6.92 Å². The molecule has 2 aliphatic carbocycles. The lowest BCUT2D eigenvalue weighted by Crippen LogP contribution is -2.54. The minimum Gasteiger partial charge on any atom is -0.334 e. The number of amides is 4. The van der Waals surface area contributed by atoms with Gasteiger partial charge in [0.15, 0.2) is 0 Å². The van der Waals surface area contributed by atoms with Gasteiger partial charge in [0.2, 0.25) is 5.91 Å². The third kappa shape index (κ3) is 3.27. The first-order chi connectivity index (χ1) is 13.4. The van der Waals surface area contributed by atoms with E-state index < -0.39 is 11.6 Å². The van der Waals surface area contributed by atoms with Gasteiger partial charge >= 0.3 is 6.03 Å². The van der Waals surface area contributed by atoms with E-state index in [0.29, 0.717) is 12.0 Å². The van der Waals surface area contributed by atoms with Crippen LogP contribution in [-0.4, -0.2) is 45.8 Å². The smallest absolute Gasteiger partial charge is 0.325 e. The number of nitrogens with zero attached hydrogens (tertiary/aromatic N) is 2. The van der Waals surface area contributed by atoms with Gasteiger partial charge in [-0.3, -0.25) is 14.5 Å². The van der Waals surface area contributed by atoms with E-state index in [0.717, 1.165) is 37.0 Å². The second-order valence-corrected chi connectivity index (χ2v) is 8.28. The Kier molecular flexibility index (Phi) is 4.85. The Morgan fingerprint density at radius 3 is 2.68 bits per heavy atom. The molecule has 1 aliphatic heterocycles. The molecule has 3 fully saturated rings. The molecule has 7 heteroatoms. The van der Waals surface area contributed by atoms with E-state index in [1.54, 1.807) is 23.1 Å². The Morgan fingerprint density at radius 1 is 1.25 bits per heavy atom. The highest BCUT2D eigenvalue weighted by molar-refractivity contribution is 6.09. The van der Waals surface area contributed by atoms with Crippen molar-refractivity contribution in [3.8, 4) is 0 Å². The summed E-state index contributed by atoms with van der Waals surface area (Å²) in [4.78, 5) is 41.2. The van der Waals surface area contributed by atoms with Crippen LogP contribution in [0.25, 0.3) is 0 Å². The number of hydrogen-bond acceptors (Lipinski definition) is 3. The topological polar surface area (TPSA) is 69.7 Å². The van der Waals surface area contributed by atoms with Gasteiger partial charge in [0.05, 0.1) is 0 Å². The number of benzene rings is 1. The van der Waals surface area contributed by atoms with Crippen molar-refractivity contribution in [3.63, 3.8) is 0 Å². The van der Waals surface area contributed by atoms with Gasteiger partial charge in [-0.05, 0) is 37.7 Å². The molecular weight excluding hydrogens is 361 g/mol. The zero-order valence-corrected chi connectivity index (χ0v) is 16.1. The summed E-state index contributed by atoms with van der Waals surface area (Å²) in [6.07, 6.45) is 5.16. The molecule has 6 nitrogen and oxygen atoms in total.